The van der Waals surface area contributed by atoms with Crippen LogP contribution in [0.5, 0.6) is 0 Å². The molecule has 0 spiro atoms. The Morgan fingerprint density at radius 3 is 2.75 bits per heavy atom. The van der Waals surface area contributed by atoms with Crippen LogP contribution >= 0.6 is 0 Å². The summed E-state index contributed by atoms with van der Waals surface area (Å²) < 4.78 is 9.95. The maximum atomic E-state index is 11.2. The minimum atomic E-state index is -0.444. The fourth-order valence-electron chi connectivity index (χ4n) is 1.96. The Morgan fingerprint density at radius 1 is 1.20 bits per heavy atom. The summed E-state index contributed by atoms with van der Waals surface area (Å²) in [5.74, 6) is 0.541. The van der Waals surface area contributed by atoms with Crippen molar-refractivity contribution in [3.63, 3.8) is 0 Å². The Bertz CT molecular complexity index is 534. The normalized spacial score (nSPS) is 10.4. The van der Waals surface area contributed by atoms with E-state index >= 15 is 0 Å². The number of carbonyl (C=O) groups excluding carboxylic acids is 1. The van der Waals surface area contributed by atoms with E-state index in [2.05, 4.69) is 34.3 Å². The van der Waals surface area contributed by atoms with Crippen LogP contribution in [0.4, 0.5) is 0 Å². The number of methoxy groups -OCH3 is 1. The maximum absolute atomic E-state index is 11.2. The van der Waals surface area contributed by atoms with Gasteiger partial charge >= 0.3 is 5.97 Å². The smallest absolute Gasteiger partial charge is 0.373 e. The van der Waals surface area contributed by atoms with Crippen LogP contribution in [-0.4, -0.2) is 19.6 Å². The molecular weight excluding hydrogens is 254 g/mol. The molecule has 2 aromatic rings. The van der Waals surface area contributed by atoms with Crippen LogP contribution < -0.4 is 5.32 Å². The molecule has 0 radical (unpaired) electrons. The first kappa shape index (κ1) is 14.3. The highest BCUT2D eigenvalue weighted by molar-refractivity contribution is 5.86. The molecule has 0 aliphatic carbocycles. The number of esters is 1. The molecule has 2 rings (SSSR count). The van der Waals surface area contributed by atoms with Crippen molar-refractivity contribution in [2.75, 3.05) is 13.7 Å². The quantitative estimate of drug-likeness (QED) is 0.622. The number of ether oxygens (including phenoxy) is 1. The van der Waals surface area contributed by atoms with Crippen LogP contribution in [0.1, 0.15) is 28.3 Å². The predicted octanol–water partition coefficient (Wildman–Crippen LogP) is 2.79. The summed E-state index contributed by atoms with van der Waals surface area (Å²) >= 11 is 0. The molecule has 1 N–H and O–H groups in total. The lowest BCUT2D eigenvalue weighted by Crippen LogP contribution is -2.14. The van der Waals surface area contributed by atoms with Crippen LogP contribution in [0.2, 0.25) is 0 Å². The van der Waals surface area contributed by atoms with E-state index in [1.807, 2.05) is 6.07 Å². The van der Waals surface area contributed by atoms with Gasteiger partial charge in [-0.2, -0.15) is 0 Å². The SMILES string of the molecule is COC(=O)c1ccc(CNCCCc2ccccc2)o1. The highest BCUT2D eigenvalue weighted by atomic mass is 16.5. The maximum Gasteiger partial charge on any atom is 0.373 e. The summed E-state index contributed by atoms with van der Waals surface area (Å²) in [5, 5.41) is 3.30. The summed E-state index contributed by atoms with van der Waals surface area (Å²) in [7, 11) is 1.34. The molecular formula is C16H19NO3. The Labute approximate surface area is 118 Å². The number of benzene rings is 1. The zero-order chi connectivity index (χ0) is 14.2. The van der Waals surface area contributed by atoms with E-state index in [0.29, 0.717) is 6.54 Å². The first-order chi connectivity index (χ1) is 9.79. The Kier molecular flexibility index (Phi) is 5.38. The molecule has 20 heavy (non-hydrogen) atoms. The third-order valence-electron chi connectivity index (χ3n) is 3.01. The third kappa shape index (κ3) is 4.24. The standard InChI is InChI=1S/C16H19NO3/c1-19-16(18)15-10-9-14(20-15)12-17-11-5-8-13-6-3-2-4-7-13/h2-4,6-7,9-10,17H,5,8,11-12H2,1H3. The van der Waals surface area contributed by atoms with Gasteiger partial charge in [-0.05, 0) is 37.1 Å². The summed E-state index contributed by atoms with van der Waals surface area (Å²) in [6.07, 6.45) is 2.12. The first-order valence-electron chi connectivity index (χ1n) is 6.71. The number of hydrogen-bond donors (Lipinski definition) is 1. The van der Waals surface area contributed by atoms with Crippen molar-refractivity contribution in [2.45, 2.75) is 19.4 Å². The van der Waals surface area contributed by atoms with Gasteiger partial charge < -0.3 is 14.5 Å². The second kappa shape index (κ2) is 7.50. The van der Waals surface area contributed by atoms with E-state index in [1.165, 1.54) is 12.7 Å². The van der Waals surface area contributed by atoms with Crippen LogP contribution in [0.3, 0.4) is 0 Å². The topological polar surface area (TPSA) is 51.5 Å². The van der Waals surface area contributed by atoms with Gasteiger partial charge in [0.15, 0.2) is 0 Å². The van der Waals surface area contributed by atoms with E-state index < -0.39 is 5.97 Å². The Balaban J connectivity index is 1.66. The average Bonchev–Trinajstić information content (AvgIpc) is 2.96. The van der Waals surface area contributed by atoms with Gasteiger partial charge in [0, 0.05) is 0 Å². The summed E-state index contributed by atoms with van der Waals surface area (Å²) in [6.45, 7) is 1.52. The zero-order valence-corrected chi connectivity index (χ0v) is 11.6. The zero-order valence-electron chi connectivity index (χ0n) is 11.6. The number of nitrogens with one attached hydrogen (secondary N) is 1. The fourth-order valence-corrected chi connectivity index (χ4v) is 1.96. The molecule has 0 amide bonds. The second-order valence-corrected chi connectivity index (χ2v) is 4.52. The third-order valence-corrected chi connectivity index (χ3v) is 3.01. The molecule has 0 fully saturated rings. The van der Waals surface area contributed by atoms with Crippen molar-refractivity contribution in [2.24, 2.45) is 0 Å². The van der Waals surface area contributed by atoms with E-state index in [0.717, 1.165) is 25.1 Å². The summed E-state index contributed by atoms with van der Waals surface area (Å²) in [6, 6.07) is 13.8. The molecule has 0 aliphatic rings. The minimum Gasteiger partial charge on any atom is -0.463 e. The number of carbonyl (C=O) groups is 1. The molecule has 0 aliphatic heterocycles. The van der Waals surface area contributed by atoms with Crippen molar-refractivity contribution < 1.29 is 13.9 Å². The van der Waals surface area contributed by atoms with Gasteiger partial charge in [-0.15, -0.1) is 0 Å². The van der Waals surface area contributed by atoms with Crippen molar-refractivity contribution in [3.05, 3.63) is 59.5 Å². The van der Waals surface area contributed by atoms with Crippen LogP contribution in [-0.2, 0) is 17.7 Å². The van der Waals surface area contributed by atoms with Gasteiger partial charge in [-0.25, -0.2) is 4.79 Å². The van der Waals surface area contributed by atoms with Crippen LogP contribution in [0, 0.1) is 0 Å². The summed E-state index contributed by atoms with van der Waals surface area (Å²) in [4.78, 5) is 11.2. The molecule has 0 saturated carbocycles. The molecule has 0 bridgehead atoms. The highest BCUT2D eigenvalue weighted by Crippen LogP contribution is 2.08. The molecule has 1 aromatic heterocycles. The van der Waals surface area contributed by atoms with Gasteiger partial charge in [0.2, 0.25) is 5.76 Å². The van der Waals surface area contributed by atoms with Gasteiger partial charge in [-0.1, -0.05) is 30.3 Å². The van der Waals surface area contributed by atoms with Crippen LogP contribution in [0.15, 0.2) is 46.9 Å². The highest BCUT2D eigenvalue weighted by Gasteiger charge is 2.10. The Morgan fingerprint density at radius 2 is 2.00 bits per heavy atom. The van der Waals surface area contributed by atoms with Gasteiger partial charge in [0.25, 0.3) is 0 Å². The van der Waals surface area contributed by atoms with Crippen LogP contribution in [0.25, 0.3) is 0 Å². The molecule has 4 nitrogen and oxygen atoms in total. The lowest BCUT2D eigenvalue weighted by atomic mass is 10.1. The summed E-state index contributed by atoms with van der Waals surface area (Å²) in [5.41, 5.74) is 1.35. The first-order valence-corrected chi connectivity index (χ1v) is 6.71. The van der Waals surface area contributed by atoms with E-state index in [-0.39, 0.29) is 5.76 Å². The number of hydrogen-bond acceptors (Lipinski definition) is 4. The van der Waals surface area contributed by atoms with Gasteiger partial charge in [0.1, 0.15) is 5.76 Å². The molecule has 1 aromatic carbocycles. The Hall–Kier alpha value is -2.07. The molecule has 4 heteroatoms. The van der Waals surface area contributed by atoms with Crippen molar-refractivity contribution in [1.29, 1.82) is 0 Å². The van der Waals surface area contributed by atoms with Crippen molar-refractivity contribution >= 4 is 5.97 Å². The van der Waals surface area contributed by atoms with Crippen molar-refractivity contribution in [3.8, 4) is 0 Å². The largest absolute Gasteiger partial charge is 0.463 e. The number of furan rings is 1. The lowest BCUT2D eigenvalue weighted by molar-refractivity contribution is 0.0563. The van der Waals surface area contributed by atoms with Gasteiger partial charge in [-0.3, -0.25) is 0 Å². The molecule has 106 valence electrons. The predicted molar refractivity (Wildman–Crippen MR) is 76.5 cm³/mol. The molecule has 1 heterocycles. The fraction of sp³-hybridized carbons (Fsp3) is 0.312. The van der Waals surface area contributed by atoms with Gasteiger partial charge in [0.05, 0.1) is 13.7 Å². The monoisotopic (exact) mass is 273 g/mol. The van der Waals surface area contributed by atoms with E-state index in [9.17, 15) is 4.79 Å². The van der Waals surface area contributed by atoms with E-state index in [4.69, 9.17) is 4.42 Å². The molecule has 0 atom stereocenters. The minimum absolute atomic E-state index is 0.244. The van der Waals surface area contributed by atoms with E-state index in [1.54, 1.807) is 12.1 Å². The molecule has 0 unspecified atom stereocenters. The number of aryl methyl sites for hydroxylation is 1. The molecule has 0 saturated heterocycles. The second-order valence-electron chi connectivity index (χ2n) is 4.52. The number of rotatable bonds is 7. The average molecular weight is 273 g/mol. The van der Waals surface area contributed by atoms with Crippen molar-refractivity contribution in [1.82, 2.24) is 5.32 Å². The lowest BCUT2D eigenvalue weighted by Gasteiger charge is -2.03.